The van der Waals surface area contributed by atoms with Crippen molar-refractivity contribution in [3.8, 4) is 0 Å². The molecule has 3 aromatic carbocycles. The van der Waals surface area contributed by atoms with Gasteiger partial charge in [-0.05, 0) is 182 Å². The van der Waals surface area contributed by atoms with Crippen molar-refractivity contribution in [2.75, 3.05) is 0 Å². The van der Waals surface area contributed by atoms with E-state index in [1.54, 1.807) is 91.6 Å². The Labute approximate surface area is 480 Å². The van der Waals surface area contributed by atoms with Crippen LogP contribution in [0.3, 0.4) is 0 Å². The van der Waals surface area contributed by atoms with Crippen LogP contribution in [0, 0.1) is 96.9 Å². The van der Waals surface area contributed by atoms with Crippen molar-refractivity contribution in [2.45, 2.75) is 96.9 Å². The van der Waals surface area contributed by atoms with Gasteiger partial charge in [0.05, 0.1) is 43.1 Å². The Morgan fingerprint density at radius 2 is 1.21 bits per heavy atom. The van der Waals surface area contributed by atoms with E-state index in [0.717, 1.165) is 45.9 Å². The normalized spacial score (nSPS) is 9.44. The summed E-state index contributed by atoms with van der Waals surface area (Å²) in [7, 11) is 2.12. The molecule has 0 N–H and O–H groups in total. The second kappa shape index (κ2) is 38.0. The molecule has 420 valence electrons. The molecule has 80 heavy (non-hydrogen) atoms. The number of aromatic nitrogens is 7. The van der Waals surface area contributed by atoms with Crippen molar-refractivity contribution < 1.29 is 26.7 Å². The number of fused-ring (bicyclic) bond motifs is 3. The van der Waals surface area contributed by atoms with Crippen LogP contribution in [0.4, 0.5) is 0 Å². The van der Waals surface area contributed by atoms with Gasteiger partial charge in [-0.3, -0.25) is 0 Å². The maximum Gasteiger partial charge on any atom is 0.190 e. The molecule has 0 spiro atoms. The molecule has 0 aliphatic carbocycles. The van der Waals surface area contributed by atoms with E-state index in [4.69, 9.17) is 17.7 Å². The molecule has 0 fully saturated rings. The predicted octanol–water partition coefficient (Wildman–Crippen LogP) is 18.6. The maximum absolute atomic E-state index is 4.83. The number of hydrogen-bond donors (Lipinski definition) is 0. The molecule has 15 heteroatoms. The summed E-state index contributed by atoms with van der Waals surface area (Å²) in [6.45, 7) is 27.8. The zero-order valence-electron chi connectivity index (χ0n) is 48.9. The minimum Gasteiger partial charge on any atom is -0.472 e. The molecule has 13 rings (SSSR count). The fraction of sp³-hybridized carbons (Fsp3) is 0.231. The van der Waals surface area contributed by atoms with E-state index in [0.29, 0.717) is 0 Å². The van der Waals surface area contributed by atoms with Crippen LogP contribution < -0.4 is 0 Å². The first kappa shape index (κ1) is 65.6. The van der Waals surface area contributed by atoms with Gasteiger partial charge in [-0.25, -0.2) is 19.9 Å². The maximum atomic E-state index is 4.83. The summed E-state index contributed by atoms with van der Waals surface area (Å²) in [5.74, 6) is 4.24. The third kappa shape index (κ3) is 27.6. The molecule has 0 aliphatic rings. The number of oxazole rings is 2. The number of thiophene rings is 2. The molecular weight excluding hydrogens is 1040 g/mol. The molecule has 0 bridgehead atoms. The lowest BCUT2D eigenvalue weighted by molar-refractivity contribution is 0.397. The highest BCUT2D eigenvalue weighted by atomic mass is 32.1. The average molecular weight is 1120 g/mol. The summed E-state index contributed by atoms with van der Waals surface area (Å²) >= 11 is 3.52. The summed E-state index contributed by atoms with van der Waals surface area (Å²) in [4.78, 5) is 17.0. The summed E-state index contributed by atoms with van der Waals surface area (Å²) < 4.78 is 30.3. The minimum absolute atomic E-state index is 0.718. The smallest absolute Gasteiger partial charge is 0.190 e. The van der Waals surface area contributed by atoms with Gasteiger partial charge >= 0.3 is 0 Å². The van der Waals surface area contributed by atoms with Gasteiger partial charge in [0, 0.05) is 64.7 Å². The van der Waals surface area contributed by atoms with Gasteiger partial charge in [0.1, 0.15) is 35.6 Å². The standard InChI is InChI=1S/C13H11N.C9H12.C7H10N2.2C5H6O.2C5H6S.4C4H5NO/c1-14-12-8-4-2-6-10(12)11-7-3-5-9-13(11)14;1-7-5-4-6-8(2)9(7)3;1-5-4-8-7(3)9-6(5)2;1-5-2-3-6-4-5;1-5-3-2-4-6-5;1-5-2-3-6-4-5;1-5-3-2-4-6-5;1-4-2-5-3-6-4;1-4-5-2-3-6-4;1-4-2-3-6-5-4;1-4-2-3-5-6-4/h2-9H,1H3;4-6H,1-3H3;4H,1-3H3;4*2-4H,1H3;4*2-3H,1H3. The summed E-state index contributed by atoms with van der Waals surface area (Å²) in [5.41, 5.74) is 12.5. The van der Waals surface area contributed by atoms with Crippen LogP contribution in [-0.2, 0) is 7.05 Å². The van der Waals surface area contributed by atoms with Crippen LogP contribution in [-0.4, -0.2) is 34.8 Å². The van der Waals surface area contributed by atoms with Crippen LogP contribution in [0.25, 0.3) is 21.8 Å². The number of nitrogens with zero attached hydrogens (tertiary/aromatic N) is 7. The summed E-state index contributed by atoms with van der Waals surface area (Å²) in [6.07, 6.45) is 16.3. The molecule has 0 saturated carbocycles. The number of furan rings is 2. The zero-order valence-corrected chi connectivity index (χ0v) is 50.5. The van der Waals surface area contributed by atoms with Gasteiger partial charge in [-0.15, -0.1) is 11.3 Å². The second-order valence-corrected chi connectivity index (χ2v) is 19.7. The lowest BCUT2D eigenvalue weighted by Gasteiger charge is -2.00. The van der Waals surface area contributed by atoms with Crippen LogP contribution in [0.5, 0.6) is 0 Å². The second-order valence-electron chi connectivity index (χ2n) is 17.8. The van der Waals surface area contributed by atoms with Crippen LogP contribution >= 0.6 is 22.7 Å². The van der Waals surface area contributed by atoms with Crippen LogP contribution in [0.2, 0.25) is 0 Å². The zero-order chi connectivity index (χ0) is 58.5. The van der Waals surface area contributed by atoms with E-state index >= 15 is 0 Å². The van der Waals surface area contributed by atoms with Gasteiger partial charge in [0.2, 0.25) is 0 Å². The van der Waals surface area contributed by atoms with E-state index in [1.165, 1.54) is 60.9 Å². The highest BCUT2D eigenvalue weighted by Gasteiger charge is 2.05. The Morgan fingerprint density at radius 1 is 0.512 bits per heavy atom. The molecule has 0 radical (unpaired) electrons. The highest BCUT2D eigenvalue weighted by Crippen LogP contribution is 2.27. The molecule has 0 unspecified atom stereocenters. The van der Waals surface area contributed by atoms with E-state index in [9.17, 15) is 0 Å². The highest BCUT2D eigenvalue weighted by molar-refractivity contribution is 7.09. The fourth-order valence-electron chi connectivity index (χ4n) is 6.17. The van der Waals surface area contributed by atoms with Crippen molar-refractivity contribution in [1.29, 1.82) is 0 Å². The first-order chi connectivity index (χ1) is 38.4. The van der Waals surface area contributed by atoms with Crippen molar-refractivity contribution in [3.05, 3.63) is 273 Å². The Bertz CT molecular complexity index is 3020. The number of rotatable bonds is 0. The molecular formula is C65H77N7O6S2. The molecule has 10 aromatic heterocycles. The van der Waals surface area contributed by atoms with Gasteiger partial charge < -0.3 is 31.3 Å². The van der Waals surface area contributed by atoms with Gasteiger partial charge in [-0.1, -0.05) is 71.0 Å². The molecule has 13 aromatic rings. The van der Waals surface area contributed by atoms with E-state index in [1.807, 2.05) is 79.8 Å². The van der Waals surface area contributed by atoms with E-state index in [2.05, 4.69) is 187 Å². The largest absolute Gasteiger partial charge is 0.472 e. The fourth-order valence-corrected chi connectivity index (χ4v) is 7.37. The Morgan fingerprint density at radius 3 is 1.49 bits per heavy atom. The van der Waals surface area contributed by atoms with Crippen LogP contribution in [0.15, 0.2) is 221 Å². The lowest BCUT2D eigenvalue weighted by Crippen LogP contribution is -1.92. The SMILES string of the molecule is Cc1cccc(C)c1C.Cc1ccco1.Cc1cccs1.Cc1ccno1.Cc1ccoc1.Cc1ccon1.Cc1ccsc1.Cc1cnco1.Cc1ncc(C)c(C)n1.Cc1ncco1.Cn1c2ccccc2c2ccccc21. The summed E-state index contributed by atoms with van der Waals surface area (Å²) in [6, 6.07) is 39.0. The van der Waals surface area contributed by atoms with E-state index < -0.39 is 0 Å². The average Bonchev–Trinajstić information content (AvgIpc) is 4.31. The first-order valence-electron chi connectivity index (χ1n) is 25.6. The van der Waals surface area contributed by atoms with Crippen molar-refractivity contribution >= 4 is 44.5 Å². The van der Waals surface area contributed by atoms with Gasteiger partial charge in [-0.2, -0.15) is 11.3 Å². The van der Waals surface area contributed by atoms with Crippen molar-refractivity contribution in [1.82, 2.24) is 34.8 Å². The molecule has 0 atom stereocenters. The Hall–Kier alpha value is -8.66. The first-order valence-corrected chi connectivity index (χ1v) is 27.4. The predicted molar refractivity (Wildman–Crippen MR) is 327 cm³/mol. The third-order valence-electron chi connectivity index (χ3n) is 10.9. The van der Waals surface area contributed by atoms with Crippen molar-refractivity contribution in [3.63, 3.8) is 0 Å². The van der Waals surface area contributed by atoms with Gasteiger partial charge in [0.25, 0.3) is 0 Å². The van der Waals surface area contributed by atoms with Crippen molar-refractivity contribution in [2.24, 2.45) is 7.05 Å². The number of para-hydroxylation sites is 2. The molecule has 0 amide bonds. The molecule has 13 nitrogen and oxygen atoms in total. The Kier molecular flexibility index (Phi) is 31.2. The lowest BCUT2D eigenvalue weighted by atomic mass is 10.1. The summed E-state index contributed by atoms with van der Waals surface area (Å²) in [5, 5.41) is 15.9. The molecule has 0 saturated heterocycles. The number of benzene rings is 3. The molecule has 10 heterocycles. The van der Waals surface area contributed by atoms with E-state index in [-0.39, 0.29) is 0 Å². The molecule has 0 aliphatic heterocycles. The number of aryl methyl sites for hydroxylation is 14. The quantitative estimate of drug-likeness (QED) is 0.142. The van der Waals surface area contributed by atoms with Crippen LogP contribution in [0.1, 0.15) is 78.6 Å². The minimum atomic E-state index is 0.718. The monoisotopic (exact) mass is 1120 g/mol. The van der Waals surface area contributed by atoms with Gasteiger partial charge in [0.15, 0.2) is 12.3 Å². The Balaban J connectivity index is 0.000000235. The topological polar surface area (TPSA) is 161 Å². The third-order valence-corrected chi connectivity index (χ3v) is 12.5. The number of hydrogen-bond acceptors (Lipinski definition) is 14.